The van der Waals surface area contributed by atoms with Crippen LogP contribution in [0.5, 0.6) is 0 Å². The van der Waals surface area contributed by atoms with E-state index >= 15 is 0 Å². The van der Waals surface area contributed by atoms with Gasteiger partial charge in [-0.25, -0.2) is 10.2 Å². The molecule has 118 valence electrons. The van der Waals surface area contributed by atoms with E-state index in [1.165, 1.54) is 4.90 Å². The lowest BCUT2D eigenvalue weighted by atomic mass is 10.0. The first kappa shape index (κ1) is 17.1. The number of hydrogen-bond donors (Lipinski definition) is 5. The molecule has 0 aliphatic carbocycles. The van der Waals surface area contributed by atoms with Crippen LogP contribution < -0.4 is 26.4 Å². The van der Waals surface area contributed by atoms with Crippen LogP contribution in [0.4, 0.5) is 4.79 Å². The molecular formula is C13H24N5O3+. The smallest absolute Gasteiger partial charge is 0.328 e. The van der Waals surface area contributed by atoms with Crippen molar-refractivity contribution < 1.29 is 19.3 Å². The molecule has 1 heterocycles. The molecule has 0 spiro atoms. The van der Waals surface area contributed by atoms with Crippen LogP contribution in [0.25, 0.3) is 0 Å². The summed E-state index contributed by atoms with van der Waals surface area (Å²) in [4.78, 5) is 36.0. The molecule has 8 nitrogen and oxygen atoms in total. The Balaban J connectivity index is 2.50. The van der Waals surface area contributed by atoms with Crippen molar-refractivity contribution in [3.05, 3.63) is 11.8 Å². The molecule has 1 aliphatic rings. The van der Waals surface area contributed by atoms with Crippen molar-refractivity contribution in [2.45, 2.75) is 20.8 Å². The van der Waals surface area contributed by atoms with Crippen molar-refractivity contribution in [2.24, 2.45) is 5.92 Å². The van der Waals surface area contributed by atoms with Gasteiger partial charge >= 0.3 is 6.03 Å². The van der Waals surface area contributed by atoms with E-state index < -0.39 is 23.8 Å². The number of amides is 4. The van der Waals surface area contributed by atoms with E-state index in [9.17, 15) is 14.4 Å². The van der Waals surface area contributed by atoms with E-state index in [-0.39, 0.29) is 0 Å². The number of quaternary nitrogens is 1. The number of carbonyl (C=O) groups is 3. The molecule has 1 fully saturated rings. The molecular weight excluding hydrogens is 274 g/mol. The highest BCUT2D eigenvalue weighted by Gasteiger charge is 2.36. The third-order valence-electron chi connectivity index (χ3n) is 3.46. The third-order valence-corrected chi connectivity index (χ3v) is 3.46. The average molecular weight is 298 g/mol. The van der Waals surface area contributed by atoms with Crippen molar-refractivity contribution >= 4 is 17.8 Å². The molecule has 0 saturated carbocycles. The molecule has 21 heavy (non-hydrogen) atoms. The van der Waals surface area contributed by atoms with Crippen LogP contribution >= 0.6 is 0 Å². The number of imide groups is 2. The molecule has 0 bridgehead atoms. The first-order chi connectivity index (χ1) is 10.0. The van der Waals surface area contributed by atoms with Crippen LogP contribution in [-0.2, 0) is 9.59 Å². The minimum Gasteiger partial charge on any atom is -0.334 e. The fourth-order valence-corrected chi connectivity index (χ4v) is 2.12. The van der Waals surface area contributed by atoms with Crippen molar-refractivity contribution in [3.63, 3.8) is 0 Å². The highest BCUT2D eigenvalue weighted by Crippen LogP contribution is 2.11. The second-order valence-corrected chi connectivity index (χ2v) is 4.74. The summed E-state index contributed by atoms with van der Waals surface area (Å²) >= 11 is 0. The fourth-order valence-electron chi connectivity index (χ4n) is 2.12. The monoisotopic (exact) mass is 298 g/mol. The largest absolute Gasteiger partial charge is 0.334 e. The van der Waals surface area contributed by atoms with Crippen molar-refractivity contribution in [3.8, 4) is 0 Å². The maximum absolute atomic E-state index is 11.7. The van der Waals surface area contributed by atoms with Crippen LogP contribution in [-0.4, -0.2) is 44.0 Å². The Bertz CT molecular complexity index is 412. The number of hydrogen-bond acceptors (Lipinski definition) is 5. The summed E-state index contributed by atoms with van der Waals surface area (Å²) in [6.07, 6.45) is 1.64. The SMILES string of the molecule is C/C=C(/NNCC[NH+](CC)CC)C1C(=O)NC(=O)NC1=O. The predicted molar refractivity (Wildman–Crippen MR) is 77.0 cm³/mol. The van der Waals surface area contributed by atoms with Gasteiger partial charge in [0.15, 0.2) is 5.92 Å². The molecule has 5 N–H and O–H groups in total. The molecule has 1 aliphatic heterocycles. The highest BCUT2D eigenvalue weighted by molar-refractivity contribution is 6.17. The maximum atomic E-state index is 11.7. The first-order valence-electron chi connectivity index (χ1n) is 7.17. The van der Waals surface area contributed by atoms with Crippen LogP contribution in [0.2, 0.25) is 0 Å². The Labute approximate surface area is 124 Å². The van der Waals surface area contributed by atoms with Gasteiger partial charge in [-0.15, -0.1) is 0 Å². The molecule has 0 unspecified atom stereocenters. The van der Waals surface area contributed by atoms with E-state index in [4.69, 9.17) is 0 Å². The molecule has 8 heteroatoms. The number of rotatable bonds is 8. The van der Waals surface area contributed by atoms with Gasteiger partial charge < -0.3 is 10.3 Å². The lowest BCUT2D eigenvalue weighted by Crippen LogP contribution is -3.12. The zero-order chi connectivity index (χ0) is 15.8. The zero-order valence-corrected chi connectivity index (χ0v) is 12.7. The van der Waals surface area contributed by atoms with Gasteiger partial charge in [-0.1, -0.05) is 6.08 Å². The second kappa shape index (κ2) is 8.38. The number of urea groups is 1. The van der Waals surface area contributed by atoms with E-state index in [0.717, 1.165) is 19.6 Å². The Hall–Kier alpha value is -1.93. The number of nitrogens with one attached hydrogen (secondary N) is 5. The third kappa shape index (κ3) is 4.83. The van der Waals surface area contributed by atoms with E-state index in [0.29, 0.717) is 12.2 Å². The lowest BCUT2D eigenvalue weighted by Gasteiger charge is -2.24. The van der Waals surface area contributed by atoms with Gasteiger partial charge in [0.2, 0.25) is 11.8 Å². The van der Waals surface area contributed by atoms with Gasteiger partial charge in [-0.2, -0.15) is 0 Å². The van der Waals surface area contributed by atoms with Gasteiger partial charge in [0.05, 0.1) is 26.2 Å². The van der Waals surface area contributed by atoms with Gasteiger partial charge in [0, 0.05) is 5.70 Å². The van der Waals surface area contributed by atoms with Gasteiger partial charge in [0.25, 0.3) is 0 Å². The van der Waals surface area contributed by atoms with Crippen LogP contribution in [0.15, 0.2) is 11.8 Å². The zero-order valence-electron chi connectivity index (χ0n) is 12.7. The van der Waals surface area contributed by atoms with Crippen LogP contribution in [0.3, 0.4) is 0 Å². The van der Waals surface area contributed by atoms with Crippen LogP contribution in [0.1, 0.15) is 20.8 Å². The summed E-state index contributed by atoms with van der Waals surface area (Å²) in [5.41, 5.74) is 6.31. The van der Waals surface area contributed by atoms with Crippen LogP contribution in [0, 0.1) is 5.92 Å². The average Bonchev–Trinajstić information content (AvgIpc) is 2.44. The quantitative estimate of drug-likeness (QED) is 0.200. The molecule has 1 saturated heterocycles. The Morgan fingerprint density at radius 3 is 2.24 bits per heavy atom. The van der Waals surface area contributed by atoms with Crippen molar-refractivity contribution in [1.82, 2.24) is 21.5 Å². The summed E-state index contributed by atoms with van der Waals surface area (Å²) < 4.78 is 0. The molecule has 0 aromatic rings. The van der Waals surface area contributed by atoms with Crippen molar-refractivity contribution in [1.29, 1.82) is 0 Å². The minimum atomic E-state index is -1.04. The van der Waals surface area contributed by atoms with Gasteiger partial charge in [0.1, 0.15) is 0 Å². The lowest BCUT2D eigenvalue weighted by molar-refractivity contribution is -0.895. The number of barbiturate groups is 1. The number of hydrazine groups is 1. The summed E-state index contributed by atoms with van der Waals surface area (Å²) in [5, 5.41) is 4.16. The van der Waals surface area contributed by atoms with E-state index in [1.54, 1.807) is 13.0 Å². The molecule has 0 aromatic carbocycles. The topological polar surface area (TPSA) is 104 Å². The summed E-state index contributed by atoms with van der Waals surface area (Å²) in [7, 11) is 0. The molecule has 0 aromatic heterocycles. The predicted octanol–water partition coefficient (Wildman–Crippen LogP) is -2.11. The minimum absolute atomic E-state index is 0.423. The van der Waals surface area contributed by atoms with Crippen molar-refractivity contribution in [2.75, 3.05) is 26.2 Å². The number of likely N-dealkylation sites (N-methyl/N-ethyl adjacent to an activating group) is 1. The number of carbonyl (C=O) groups excluding carboxylic acids is 3. The molecule has 4 amide bonds. The maximum Gasteiger partial charge on any atom is 0.328 e. The standard InChI is InChI=1S/C13H23N5O3/c1-4-9(17-14-7-8-18(5-2)6-3)10-11(19)15-13(21)16-12(10)20/h4,10,14,17H,5-8H2,1-3H3,(H2,15,16,19,20,21)/p+1/b9-4+. The normalized spacial score (nSPS) is 17.0. The Kier molecular flexibility index (Phi) is 6.83. The molecule has 0 radical (unpaired) electrons. The number of allylic oxidation sites excluding steroid dienone is 1. The summed E-state index contributed by atoms with van der Waals surface area (Å²) in [6.45, 7) is 9.68. The fraction of sp³-hybridized carbons (Fsp3) is 0.615. The Morgan fingerprint density at radius 2 is 1.76 bits per heavy atom. The summed E-state index contributed by atoms with van der Waals surface area (Å²) in [6, 6.07) is -0.783. The first-order valence-corrected chi connectivity index (χ1v) is 7.17. The van der Waals surface area contributed by atoms with Gasteiger partial charge in [-0.05, 0) is 20.8 Å². The molecule has 0 atom stereocenters. The second-order valence-electron chi connectivity index (χ2n) is 4.74. The summed E-state index contributed by atoms with van der Waals surface area (Å²) in [5.74, 6) is -2.29. The Morgan fingerprint density at radius 1 is 1.19 bits per heavy atom. The van der Waals surface area contributed by atoms with E-state index in [1.807, 2.05) is 0 Å². The highest BCUT2D eigenvalue weighted by atomic mass is 16.2. The molecule has 1 rings (SSSR count). The van der Waals surface area contributed by atoms with Gasteiger partial charge in [-0.3, -0.25) is 20.2 Å². The van der Waals surface area contributed by atoms with E-state index in [2.05, 4.69) is 35.3 Å².